The molecule has 1 atom stereocenters. The second-order valence-electron chi connectivity index (χ2n) is 4.64. The first kappa shape index (κ1) is 14.7. The fraction of sp³-hybridized carbons (Fsp3) is 0.714. The van der Waals surface area contributed by atoms with E-state index in [4.69, 9.17) is 0 Å². The van der Waals surface area contributed by atoms with E-state index < -0.39 is 0 Å². The third-order valence-corrected chi connectivity index (χ3v) is 4.51. The van der Waals surface area contributed by atoms with E-state index in [9.17, 15) is 0 Å². The van der Waals surface area contributed by atoms with E-state index in [1.807, 2.05) is 18.4 Å². The molecule has 0 aliphatic heterocycles. The van der Waals surface area contributed by atoms with Crippen molar-refractivity contribution in [2.45, 2.75) is 53.2 Å². The maximum Gasteiger partial charge on any atom is 0.0296 e. The van der Waals surface area contributed by atoms with Crippen molar-refractivity contribution in [2.75, 3.05) is 13.6 Å². The molecular formula is C14H26N2S. The molecule has 0 bridgehead atoms. The van der Waals surface area contributed by atoms with E-state index >= 15 is 0 Å². The second-order valence-corrected chi connectivity index (χ2v) is 5.99. The summed E-state index contributed by atoms with van der Waals surface area (Å²) in [5.74, 6) is 0. The molecule has 1 heterocycles. The molecule has 2 nitrogen and oxygen atoms in total. The van der Waals surface area contributed by atoms with Crippen LogP contribution < -0.4 is 5.32 Å². The van der Waals surface area contributed by atoms with Crippen LogP contribution in [0.15, 0.2) is 6.07 Å². The lowest BCUT2D eigenvalue weighted by Gasteiger charge is -2.26. The van der Waals surface area contributed by atoms with Crippen LogP contribution in [0.4, 0.5) is 0 Å². The molecule has 0 saturated carbocycles. The number of nitrogens with one attached hydrogen (secondary N) is 1. The molecule has 0 fully saturated rings. The lowest BCUT2D eigenvalue weighted by atomic mass is 10.1. The summed E-state index contributed by atoms with van der Waals surface area (Å²) in [4.78, 5) is 5.47. The van der Waals surface area contributed by atoms with Crippen LogP contribution >= 0.6 is 11.3 Å². The van der Waals surface area contributed by atoms with E-state index in [1.54, 1.807) is 0 Å². The zero-order valence-electron chi connectivity index (χ0n) is 11.8. The zero-order chi connectivity index (χ0) is 12.8. The average Bonchev–Trinajstić information content (AvgIpc) is 2.66. The summed E-state index contributed by atoms with van der Waals surface area (Å²) in [7, 11) is 2.01. The Hall–Kier alpha value is -0.380. The Labute approximate surface area is 110 Å². The second kappa shape index (κ2) is 7.14. The highest BCUT2D eigenvalue weighted by molar-refractivity contribution is 7.12. The lowest BCUT2D eigenvalue weighted by molar-refractivity contribution is 0.206. The Morgan fingerprint density at radius 2 is 2.12 bits per heavy atom. The average molecular weight is 254 g/mol. The normalized spacial score (nSPS) is 13.3. The topological polar surface area (TPSA) is 15.3 Å². The van der Waals surface area contributed by atoms with Crippen LogP contribution in [-0.4, -0.2) is 24.5 Å². The summed E-state index contributed by atoms with van der Waals surface area (Å²) >= 11 is 1.92. The number of hydrogen-bond acceptors (Lipinski definition) is 3. The molecule has 0 aliphatic rings. The summed E-state index contributed by atoms with van der Waals surface area (Å²) < 4.78 is 0. The van der Waals surface area contributed by atoms with Gasteiger partial charge in [-0.25, -0.2) is 0 Å². The first-order valence-electron chi connectivity index (χ1n) is 6.59. The number of thiophene rings is 1. The molecule has 3 heteroatoms. The maximum absolute atomic E-state index is 3.22. The predicted octanol–water partition coefficient (Wildman–Crippen LogP) is 3.40. The molecule has 0 aliphatic carbocycles. The van der Waals surface area contributed by atoms with Gasteiger partial charge >= 0.3 is 0 Å². The smallest absolute Gasteiger partial charge is 0.0296 e. The van der Waals surface area contributed by atoms with Crippen LogP contribution in [0.3, 0.4) is 0 Å². The van der Waals surface area contributed by atoms with Crippen molar-refractivity contribution in [3.63, 3.8) is 0 Å². The van der Waals surface area contributed by atoms with Crippen LogP contribution in [0.5, 0.6) is 0 Å². The van der Waals surface area contributed by atoms with Gasteiger partial charge in [-0.15, -0.1) is 11.3 Å². The van der Waals surface area contributed by atoms with Crippen molar-refractivity contribution >= 4 is 11.3 Å². The predicted molar refractivity (Wildman–Crippen MR) is 77.7 cm³/mol. The minimum atomic E-state index is 0.673. The quantitative estimate of drug-likeness (QED) is 0.802. The Bertz CT molecular complexity index is 333. The van der Waals surface area contributed by atoms with Crippen LogP contribution in [0.1, 0.15) is 42.5 Å². The molecule has 0 spiro atoms. The Kier molecular flexibility index (Phi) is 6.17. The van der Waals surface area contributed by atoms with Gasteiger partial charge in [0, 0.05) is 28.9 Å². The maximum atomic E-state index is 3.22. The highest BCUT2D eigenvalue weighted by atomic mass is 32.1. The van der Waals surface area contributed by atoms with E-state index in [0.717, 1.165) is 19.6 Å². The molecule has 1 rings (SSSR count). The van der Waals surface area contributed by atoms with Gasteiger partial charge in [0.05, 0.1) is 0 Å². The first-order chi connectivity index (χ1) is 8.12. The van der Waals surface area contributed by atoms with Gasteiger partial charge in [-0.2, -0.15) is 0 Å². The molecule has 0 saturated heterocycles. The van der Waals surface area contributed by atoms with Gasteiger partial charge in [-0.3, -0.25) is 4.90 Å². The lowest BCUT2D eigenvalue weighted by Crippen LogP contribution is -2.31. The van der Waals surface area contributed by atoms with Crippen molar-refractivity contribution in [3.8, 4) is 0 Å². The van der Waals surface area contributed by atoms with Gasteiger partial charge in [-0.05, 0) is 45.5 Å². The van der Waals surface area contributed by atoms with Gasteiger partial charge in [0.1, 0.15) is 0 Å². The van der Waals surface area contributed by atoms with E-state index in [1.165, 1.54) is 21.7 Å². The van der Waals surface area contributed by atoms with Gasteiger partial charge in [0.2, 0.25) is 0 Å². The van der Waals surface area contributed by atoms with Crippen LogP contribution in [0, 0.1) is 6.92 Å². The van der Waals surface area contributed by atoms with Crippen molar-refractivity contribution < 1.29 is 0 Å². The standard InChI is InChI=1S/C14H26N2S/c1-6-11(3)16(7-2)10-13-8-14(9-15-5)17-12(13)4/h8,11,15H,6-7,9-10H2,1-5H3. The molecule has 1 aromatic heterocycles. The zero-order valence-corrected chi connectivity index (χ0v) is 12.7. The van der Waals surface area contributed by atoms with Crippen molar-refractivity contribution in [3.05, 3.63) is 21.4 Å². The van der Waals surface area contributed by atoms with Crippen molar-refractivity contribution in [2.24, 2.45) is 0 Å². The third-order valence-electron chi connectivity index (χ3n) is 3.42. The number of nitrogens with zero attached hydrogens (tertiary/aromatic N) is 1. The molecule has 98 valence electrons. The Morgan fingerprint density at radius 1 is 1.41 bits per heavy atom. The third kappa shape index (κ3) is 4.09. The first-order valence-corrected chi connectivity index (χ1v) is 7.40. The fourth-order valence-corrected chi connectivity index (χ4v) is 3.13. The van der Waals surface area contributed by atoms with Gasteiger partial charge in [-0.1, -0.05) is 13.8 Å². The van der Waals surface area contributed by atoms with Gasteiger partial charge in [0.25, 0.3) is 0 Å². The molecule has 0 aromatic carbocycles. The van der Waals surface area contributed by atoms with E-state index in [2.05, 4.69) is 44.0 Å². The molecule has 1 N–H and O–H groups in total. The Balaban J connectivity index is 2.71. The van der Waals surface area contributed by atoms with Gasteiger partial charge < -0.3 is 5.32 Å². The molecule has 0 radical (unpaired) electrons. The van der Waals surface area contributed by atoms with Crippen LogP contribution in [-0.2, 0) is 13.1 Å². The molecular weight excluding hydrogens is 228 g/mol. The number of aryl methyl sites for hydroxylation is 1. The largest absolute Gasteiger partial charge is 0.315 e. The van der Waals surface area contributed by atoms with Crippen LogP contribution in [0.2, 0.25) is 0 Å². The van der Waals surface area contributed by atoms with E-state index in [0.29, 0.717) is 6.04 Å². The van der Waals surface area contributed by atoms with Crippen molar-refractivity contribution in [1.82, 2.24) is 10.2 Å². The fourth-order valence-electron chi connectivity index (χ4n) is 2.06. The molecule has 1 aromatic rings. The monoisotopic (exact) mass is 254 g/mol. The summed E-state index contributed by atoms with van der Waals surface area (Å²) in [6.45, 7) is 12.3. The minimum Gasteiger partial charge on any atom is -0.315 e. The number of hydrogen-bond donors (Lipinski definition) is 1. The highest BCUT2D eigenvalue weighted by Crippen LogP contribution is 2.23. The van der Waals surface area contributed by atoms with Crippen LogP contribution in [0.25, 0.3) is 0 Å². The Morgan fingerprint density at radius 3 is 2.65 bits per heavy atom. The van der Waals surface area contributed by atoms with Crippen molar-refractivity contribution in [1.29, 1.82) is 0 Å². The van der Waals surface area contributed by atoms with Gasteiger partial charge in [0.15, 0.2) is 0 Å². The summed E-state index contributed by atoms with van der Waals surface area (Å²) in [6, 6.07) is 3.04. The summed E-state index contributed by atoms with van der Waals surface area (Å²) in [5, 5.41) is 3.22. The molecule has 1 unspecified atom stereocenters. The van der Waals surface area contributed by atoms with E-state index in [-0.39, 0.29) is 0 Å². The SMILES string of the molecule is CCC(C)N(CC)Cc1cc(CNC)sc1C. The minimum absolute atomic E-state index is 0.673. The summed E-state index contributed by atoms with van der Waals surface area (Å²) in [6.07, 6.45) is 1.22. The summed E-state index contributed by atoms with van der Waals surface area (Å²) in [5.41, 5.74) is 1.50. The molecule has 17 heavy (non-hydrogen) atoms. The molecule has 0 amide bonds. The number of rotatable bonds is 7. The highest BCUT2D eigenvalue weighted by Gasteiger charge is 2.13.